The normalized spacial score (nSPS) is 22.8. The highest BCUT2D eigenvalue weighted by atomic mass is 16.5. The molecule has 22 heavy (non-hydrogen) atoms. The lowest BCUT2D eigenvalue weighted by atomic mass is 10.1. The van der Waals surface area contributed by atoms with E-state index in [1.807, 2.05) is 13.8 Å². The average molecular weight is 306 g/mol. The van der Waals surface area contributed by atoms with Crippen LogP contribution < -0.4 is 5.32 Å². The van der Waals surface area contributed by atoms with E-state index in [1.165, 1.54) is 25.7 Å². The number of rotatable bonds is 4. The zero-order valence-corrected chi connectivity index (χ0v) is 13.5. The van der Waals surface area contributed by atoms with Gasteiger partial charge in [0, 0.05) is 38.3 Å². The topological polar surface area (TPSA) is 61.6 Å². The van der Waals surface area contributed by atoms with E-state index >= 15 is 0 Å². The Bertz CT molecular complexity index is 502. The van der Waals surface area contributed by atoms with Gasteiger partial charge in [0.15, 0.2) is 0 Å². The maximum absolute atomic E-state index is 12.3. The van der Waals surface area contributed by atoms with Crippen molar-refractivity contribution in [1.82, 2.24) is 15.0 Å². The number of piperazine rings is 1. The quantitative estimate of drug-likeness (QED) is 0.920. The third-order valence-electron chi connectivity index (χ3n) is 4.99. The first-order chi connectivity index (χ1) is 10.6. The molecule has 1 aliphatic heterocycles. The summed E-state index contributed by atoms with van der Waals surface area (Å²) >= 11 is 0. The van der Waals surface area contributed by atoms with Gasteiger partial charge in [-0.3, -0.25) is 19.9 Å². The molecule has 6 heteroatoms. The smallest absolute Gasteiger partial charge is 0.243 e. The van der Waals surface area contributed by atoms with Crippen molar-refractivity contribution in [2.24, 2.45) is 0 Å². The number of hydrogen-bond donors (Lipinski definition) is 1. The van der Waals surface area contributed by atoms with Crippen molar-refractivity contribution in [3.05, 3.63) is 11.8 Å². The molecule has 0 aromatic carbocycles. The molecule has 3 rings (SSSR count). The molecular formula is C16H26N4O2. The third kappa shape index (κ3) is 3.50. The van der Waals surface area contributed by atoms with Crippen molar-refractivity contribution in [1.29, 1.82) is 0 Å². The van der Waals surface area contributed by atoms with E-state index < -0.39 is 0 Å². The van der Waals surface area contributed by atoms with Gasteiger partial charge in [0.1, 0.15) is 0 Å². The fourth-order valence-electron chi connectivity index (χ4n) is 3.57. The van der Waals surface area contributed by atoms with Gasteiger partial charge in [-0.2, -0.15) is 0 Å². The summed E-state index contributed by atoms with van der Waals surface area (Å²) in [5, 5.41) is 6.59. The van der Waals surface area contributed by atoms with E-state index in [1.54, 1.807) is 6.07 Å². The molecule has 1 saturated heterocycles. The summed E-state index contributed by atoms with van der Waals surface area (Å²) in [6.45, 7) is 7.86. The fourth-order valence-corrected chi connectivity index (χ4v) is 3.57. The number of amides is 1. The molecule has 0 bridgehead atoms. The highest BCUT2D eigenvalue weighted by molar-refractivity contribution is 5.93. The van der Waals surface area contributed by atoms with E-state index in [2.05, 4.69) is 20.3 Å². The van der Waals surface area contributed by atoms with E-state index in [0.29, 0.717) is 5.88 Å². The highest BCUT2D eigenvalue weighted by Crippen LogP contribution is 2.24. The van der Waals surface area contributed by atoms with E-state index in [4.69, 9.17) is 4.52 Å². The van der Waals surface area contributed by atoms with Crippen LogP contribution in [0.5, 0.6) is 0 Å². The maximum Gasteiger partial charge on any atom is 0.243 e. The first kappa shape index (κ1) is 15.5. The Hall–Kier alpha value is -1.40. The highest BCUT2D eigenvalue weighted by Gasteiger charge is 2.30. The SMILES string of the molecule is Cc1cc(NC(=O)C(C)N2CCN(C3CCCC3)CC2)on1. The van der Waals surface area contributed by atoms with Crippen LogP contribution in [0.25, 0.3) is 0 Å². The van der Waals surface area contributed by atoms with Crippen LogP contribution in [-0.2, 0) is 4.79 Å². The summed E-state index contributed by atoms with van der Waals surface area (Å²) in [5.74, 6) is 0.407. The predicted molar refractivity (Wildman–Crippen MR) is 84.7 cm³/mol. The largest absolute Gasteiger partial charge is 0.338 e. The average Bonchev–Trinajstić information content (AvgIpc) is 3.18. The summed E-state index contributed by atoms with van der Waals surface area (Å²) in [6, 6.07) is 2.38. The second-order valence-electron chi connectivity index (χ2n) is 6.51. The van der Waals surface area contributed by atoms with Crippen LogP contribution in [0.4, 0.5) is 5.88 Å². The molecule has 1 amide bonds. The van der Waals surface area contributed by atoms with Crippen molar-refractivity contribution in [3.63, 3.8) is 0 Å². The van der Waals surface area contributed by atoms with Gasteiger partial charge in [-0.25, -0.2) is 0 Å². The zero-order valence-electron chi connectivity index (χ0n) is 13.5. The molecule has 1 aromatic heterocycles. The van der Waals surface area contributed by atoms with Gasteiger partial charge in [0.25, 0.3) is 0 Å². The Morgan fingerprint density at radius 2 is 2.00 bits per heavy atom. The molecule has 2 heterocycles. The standard InChI is InChI=1S/C16H26N4O2/c1-12-11-15(22-18-12)17-16(21)13(2)19-7-9-20(10-8-19)14-5-3-4-6-14/h11,13-14H,3-10H2,1-2H3,(H,17,21). The van der Waals surface area contributed by atoms with Crippen LogP contribution in [-0.4, -0.2) is 59.1 Å². The number of aromatic nitrogens is 1. The van der Waals surface area contributed by atoms with Crippen LogP contribution in [0.3, 0.4) is 0 Å². The number of carbonyl (C=O) groups excluding carboxylic acids is 1. The Labute approximate surface area is 131 Å². The van der Waals surface area contributed by atoms with E-state index in [0.717, 1.165) is 37.9 Å². The van der Waals surface area contributed by atoms with Crippen molar-refractivity contribution in [2.45, 2.75) is 51.6 Å². The first-order valence-electron chi connectivity index (χ1n) is 8.36. The molecular weight excluding hydrogens is 280 g/mol. The molecule has 0 radical (unpaired) electrons. The maximum atomic E-state index is 12.3. The second kappa shape index (κ2) is 6.79. The lowest BCUT2D eigenvalue weighted by Gasteiger charge is -2.40. The van der Waals surface area contributed by atoms with Crippen molar-refractivity contribution >= 4 is 11.8 Å². The fraction of sp³-hybridized carbons (Fsp3) is 0.750. The van der Waals surface area contributed by atoms with Gasteiger partial charge < -0.3 is 4.52 Å². The van der Waals surface area contributed by atoms with Crippen LogP contribution in [0.15, 0.2) is 10.6 Å². The van der Waals surface area contributed by atoms with Gasteiger partial charge in [-0.05, 0) is 26.7 Å². The number of carbonyl (C=O) groups is 1. The Balaban J connectivity index is 1.48. The van der Waals surface area contributed by atoms with Gasteiger partial charge in [-0.1, -0.05) is 18.0 Å². The molecule has 1 unspecified atom stereocenters. The minimum Gasteiger partial charge on any atom is -0.338 e. The molecule has 1 aliphatic carbocycles. The first-order valence-corrected chi connectivity index (χ1v) is 8.36. The second-order valence-corrected chi connectivity index (χ2v) is 6.51. The van der Waals surface area contributed by atoms with Gasteiger partial charge in [0.2, 0.25) is 11.8 Å². The Morgan fingerprint density at radius 3 is 2.59 bits per heavy atom. The summed E-state index contributed by atoms with van der Waals surface area (Å²) in [5.41, 5.74) is 0.771. The predicted octanol–water partition coefficient (Wildman–Crippen LogP) is 1.87. The van der Waals surface area contributed by atoms with Gasteiger partial charge in [0.05, 0.1) is 11.7 Å². The minimum atomic E-state index is -0.142. The summed E-state index contributed by atoms with van der Waals surface area (Å²) in [6.07, 6.45) is 5.45. The minimum absolute atomic E-state index is 0.0227. The van der Waals surface area contributed by atoms with E-state index in [-0.39, 0.29) is 11.9 Å². The number of aryl methyl sites for hydroxylation is 1. The summed E-state index contributed by atoms with van der Waals surface area (Å²) in [4.78, 5) is 17.2. The Morgan fingerprint density at radius 1 is 1.32 bits per heavy atom. The van der Waals surface area contributed by atoms with Gasteiger partial charge in [-0.15, -0.1) is 0 Å². The lowest BCUT2D eigenvalue weighted by Crippen LogP contribution is -2.54. The molecule has 1 saturated carbocycles. The van der Waals surface area contributed by atoms with Gasteiger partial charge >= 0.3 is 0 Å². The number of nitrogens with one attached hydrogen (secondary N) is 1. The molecule has 2 aliphatic rings. The molecule has 6 nitrogen and oxygen atoms in total. The van der Waals surface area contributed by atoms with Crippen molar-refractivity contribution in [3.8, 4) is 0 Å². The monoisotopic (exact) mass is 306 g/mol. The van der Waals surface area contributed by atoms with Crippen LogP contribution >= 0.6 is 0 Å². The number of hydrogen-bond acceptors (Lipinski definition) is 5. The van der Waals surface area contributed by atoms with Crippen LogP contribution in [0.1, 0.15) is 38.3 Å². The number of anilines is 1. The summed E-state index contributed by atoms with van der Waals surface area (Å²) in [7, 11) is 0. The van der Waals surface area contributed by atoms with E-state index in [9.17, 15) is 4.79 Å². The molecule has 1 aromatic rings. The summed E-state index contributed by atoms with van der Waals surface area (Å²) < 4.78 is 5.05. The van der Waals surface area contributed by atoms with Crippen molar-refractivity contribution in [2.75, 3.05) is 31.5 Å². The van der Waals surface area contributed by atoms with Crippen LogP contribution in [0, 0.1) is 6.92 Å². The number of nitrogens with zero attached hydrogens (tertiary/aromatic N) is 3. The van der Waals surface area contributed by atoms with Crippen LogP contribution in [0.2, 0.25) is 0 Å². The third-order valence-corrected chi connectivity index (χ3v) is 4.99. The molecule has 1 N–H and O–H groups in total. The molecule has 0 spiro atoms. The zero-order chi connectivity index (χ0) is 15.5. The lowest BCUT2D eigenvalue weighted by molar-refractivity contribution is -0.121. The van der Waals surface area contributed by atoms with Crippen molar-refractivity contribution < 1.29 is 9.32 Å². The molecule has 2 fully saturated rings. The molecule has 122 valence electrons. The molecule has 1 atom stereocenters. The Kier molecular flexibility index (Phi) is 4.78.